The van der Waals surface area contributed by atoms with Crippen LogP contribution in [0.1, 0.15) is 20.8 Å². The number of carbonyl (C=O) groups is 1. The van der Waals surface area contributed by atoms with E-state index >= 15 is 0 Å². The van der Waals surface area contributed by atoms with E-state index in [1.807, 2.05) is 39.0 Å². The van der Waals surface area contributed by atoms with Crippen molar-refractivity contribution in [3.8, 4) is 0 Å². The van der Waals surface area contributed by atoms with E-state index in [0.717, 1.165) is 5.03 Å². The van der Waals surface area contributed by atoms with E-state index in [0.29, 0.717) is 5.75 Å². The van der Waals surface area contributed by atoms with Crippen LogP contribution in [0.2, 0.25) is 0 Å². The summed E-state index contributed by atoms with van der Waals surface area (Å²) in [6, 6.07) is 5.94. The zero-order chi connectivity index (χ0) is 13.6. The first-order valence-electron chi connectivity index (χ1n) is 5.88. The van der Waals surface area contributed by atoms with Gasteiger partial charge in [-0.3, -0.25) is 10.1 Å². The van der Waals surface area contributed by atoms with Gasteiger partial charge in [0.05, 0.1) is 12.1 Å². The summed E-state index contributed by atoms with van der Waals surface area (Å²) in [5.41, 5.74) is -0.703. The lowest BCUT2D eigenvalue weighted by molar-refractivity contribution is -0.147. The van der Waals surface area contributed by atoms with Gasteiger partial charge in [-0.1, -0.05) is 6.07 Å². The van der Waals surface area contributed by atoms with Crippen LogP contribution in [0, 0.1) is 0 Å². The van der Waals surface area contributed by atoms with E-state index < -0.39 is 5.54 Å². The summed E-state index contributed by atoms with van der Waals surface area (Å²) in [6.07, 6.45) is 1.74. The molecule has 5 heteroatoms. The molecule has 4 nitrogen and oxygen atoms in total. The number of thioether (sulfide) groups is 1. The number of carbonyl (C=O) groups excluding carboxylic acids is 1. The minimum Gasteiger partial charge on any atom is -0.468 e. The molecule has 1 unspecified atom stereocenters. The number of nitrogens with one attached hydrogen (secondary N) is 1. The lowest BCUT2D eigenvalue weighted by Gasteiger charge is -2.29. The molecule has 0 amide bonds. The summed E-state index contributed by atoms with van der Waals surface area (Å²) in [4.78, 5) is 16.1. The van der Waals surface area contributed by atoms with Gasteiger partial charge in [-0.15, -0.1) is 11.8 Å². The van der Waals surface area contributed by atoms with E-state index in [4.69, 9.17) is 4.74 Å². The highest BCUT2D eigenvalue weighted by atomic mass is 32.2. The molecule has 18 heavy (non-hydrogen) atoms. The van der Waals surface area contributed by atoms with Crippen molar-refractivity contribution in [1.82, 2.24) is 10.3 Å². The van der Waals surface area contributed by atoms with E-state index in [2.05, 4.69) is 10.3 Å². The maximum Gasteiger partial charge on any atom is 0.326 e. The van der Waals surface area contributed by atoms with Crippen molar-refractivity contribution in [2.24, 2.45) is 0 Å². The van der Waals surface area contributed by atoms with Crippen molar-refractivity contribution in [3.05, 3.63) is 24.4 Å². The molecule has 0 saturated heterocycles. The standard InChI is InChI=1S/C13H20N2O2S/c1-10(2)15-13(3,12(16)17-4)9-18-11-7-5-6-8-14-11/h5-8,10,15H,9H2,1-4H3. The molecule has 0 fully saturated rings. The van der Waals surface area contributed by atoms with Gasteiger partial charge in [0.1, 0.15) is 5.54 Å². The molecule has 0 aromatic carbocycles. The van der Waals surface area contributed by atoms with Crippen LogP contribution in [0.5, 0.6) is 0 Å². The van der Waals surface area contributed by atoms with Crippen LogP contribution in [-0.2, 0) is 9.53 Å². The number of aromatic nitrogens is 1. The quantitative estimate of drug-likeness (QED) is 0.632. The summed E-state index contributed by atoms with van der Waals surface area (Å²) in [5.74, 6) is 0.328. The Morgan fingerprint density at radius 3 is 2.78 bits per heavy atom. The van der Waals surface area contributed by atoms with Crippen molar-refractivity contribution in [2.45, 2.75) is 37.4 Å². The zero-order valence-corrected chi connectivity index (χ0v) is 12.1. The average Bonchev–Trinajstić information content (AvgIpc) is 2.36. The summed E-state index contributed by atoms with van der Waals surface area (Å²) in [7, 11) is 1.41. The molecule has 1 aromatic heterocycles. The van der Waals surface area contributed by atoms with Gasteiger partial charge in [-0.05, 0) is 32.9 Å². The Bertz CT molecular complexity index is 384. The molecule has 0 radical (unpaired) electrons. The summed E-state index contributed by atoms with van der Waals surface area (Å²) >= 11 is 1.54. The Hall–Kier alpha value is -1.07. The average molecular weight is 268 g/mol. The third-order valence-corrected chi connectivity index (χ3v) is 3.65. The van der Waals surface area contributed by atoms with Crippen LogP contribution in [0.25, 0.3) is 0 Å². The van der Waals surface area contributed by atoms with Crippen molar-refractivity contribution < 1.29 is 9.53 Å². The van der Waals surface area contributed by atoms with E-state index in [1.165, 1.54) is 18.9 Å². The Labute approximate surface area is 113 Å². The number of rotatable bonds is 6. The smallest absolute Gasteiger partial charge is 0.326 e. The molecule has 0 aliphatic rings. The van der Waals surface area contributed by atoms with Crippen molar-refractivity contribution in [1.29, 1.82) is 0 Å². The topological polar surface area (TPSA) is 51.2 Å². The second kappa shape index (κ2) is 6.75. The van der Waals surface area contributed by atoms with Gasteiger partial charge in [0.2, 0.25) is 0 Å². The summed E-state index contributed by atoms with van der Waals surface area (Å²) < 4.78 is 4.87. The molecule has 0 aliphatic carbocycles. The number of esters is 1. The Balaban J connectivity index is 2.70. The Kier molecular flexibility index (Phi) is 5.62. The van der Waals surface area contributed by atoms with Crippen LogP contribution in [0.4, 0.5) is 0 Å². The van der Waals surface area contributed by atoms with Crippen molar-refractivity contribution in [3.63, 3.8) is 0 Å². The highest BCUT2D eigenvalue weighted by molar-refractivity contribution is 7.99. The molecule has 1 atom stereocenters. The second-order valence-electron chi connectivity index (χ2n) is 4.58. The second-order valence-corrected chi connectivity index (χ2v) is 5.58. The molecule has 0 bridgehead atoms. The number of pyridine rings is 1. The van der Waals surface area contributed by atoms with Crippen molar-refractivity contribution >= 4 is 17.7 Å². The molecular weight excluding hydrogens is 248 g/mol. The van der Waals surface area contributed by atoms with Gasteiger partial charge in [0.15, 0.2) is 0 Å². The fraction of sp³-hybridized carbons (Fsp3) is 0.538. The molecular formula is C13H20N2O2S. The SMILES string of the molecule is COC(=O)C(C)(CSc1ccccn1)NC(C)C. The first-order valence-corrected chi connectivity index (χ1v) is 6.86. The molecule has 1 N–H and O–H groups in total. The first-order chi connectivity index (χ1) is 8.48. The number of methoxy groups -OCH3 is 1. The molecule has 100 valence electrons. The highest BCUT2D eigenvalue weighted by Gasteiger charge is 2.34. The van der Waals surface area contributed by atoms with Crippen LogP contribution in [0.3, 0.4) is 0 Å². The lowest BCUT2D eigenvalue weighted by Crippen LogP contribution is -2.54. The fourth-order valence-corrected chi connectivity index (χ4v) is 2.62. The molecule has 0 saturated carbocycles. The normalized spacial score (nSPS) is 14.3. The highest BCUT2D eigenvalue weighted by Crippen LogP contribution is 2.22. The van der Waals surface area contributed by atoms with E-state index in [9.17, 15) is 4.79 Å². The van der Waals surface area contributed by atoms with Gasteiger partial charge >= 0.3 is 5.97 Å². The van der Waals surface area contributed by atoms with Crippen LogP contribution < -0.4 is 5.32 Å². The van der Waals surface area contributed by atoms with Gasteiger partial charge < -0.3 is 4.74 Å². The minimum atomic E-state index is -0.703. The minimum absolute atomic E-state index is 0.207. The number of hydrogen-bond acceptors (Lipinski definition) is 5. The van der Waals surface area contributed by atoms with E-state index in [-0.39, 0.29) is 12.0 Å². The lowest BCUT2D eigenvalue weighted by atomic mass is 10.0. The molecule has 0 spiro atoms. The number of ether oxygens (including phenoxy) is 1. The molecule has 1 rings (SSSR count). The van der Waals surface area contributed by atoms with Crippen molar-refractivity contribution in [2.75, 3.05) is 12.9 Å². The summed E-state index contributed by atoms with van der Waals surface area (Å²) in [6.45, 7) is 5.87. The van der Waals surface area contributed by atoms with Gasteiger partial charge in [0.25, 0.3) is 0 Å². The van der Waals surface area contributed by atoms with E-state index in [1.54, 1.807) is 6.20 Å². The predicted octanol–water partition coefficient (Wildman–Crippen LogP) is 2.10. The molecule has 0 aliphatic heterocycles. The van der Waals surface area contributed by atoms with Gasteiger partial charge in [-0.25, -0.2) is 4.98 Å². The first kappa shape index (κ1) is 15.0. The number of nitrogens with zero attached hydrogens (tertiary/aromatic N) is 1. The van der Waals surface area contributed by atoms with Crippen LogP contribution in [0.15, 0.2) is 29.4 Å². The third-order valence-electron chi connectivity index (χ3n) is 2.39. The summed E-state index contributed by atoms with van der Waals surface area (Å²) in [5, 5.41) is 4.16. The largest absolute Gasteiger partial charge is 0.468 e. The maximum absolute atomic E-state index is 11.9. The number of hydrogen-bond donors (Lipinski definition) is 1. The van der Waals surface area contributed by atoms with Crippen LogP contribution >= 0.6 is 11.8 Å². The Morgan fingerprint density at radius 2 is 2.28 bits per heavy atom. The predicted molar refractivity (Wildman–Crippen MR) is 73.7 cm³/mol. The zero-order valence-electron chi connectivity index (χ0n) is 11.3. The van der Waals surface area contributed by atoms with Gasteiger partial charge in [0, 0.05) is 18.0 Å². The third kappa shape index (κ3) is 4.31. The van der Waals surface area contributed by atoms with Crippen LogP contribution in [-0.4, -0.2) is 35.4 Å². The molecule has 1 heterocycles. The fourth-order valence-electron chi connectivity index (χ4n) is 1.67. The maximum atomic E-state index is 11.9. The van der Waals surface area contributed by atoms with Gasteiger partial charge in [-0.2, -0.15) is 0 Å². The Morgan fingerprint density at radius 1 is 1.56 bits per heavy atom. The monoisotopic (exact) mass is 268 g/mol. The molecule has 1 aromatic rings.